The molecule has 3 aromatic rings. The summed E-state index contributed by atoms with van der Waals surface area (Å²) < 4.78 is 0. The average molecular weight is 483 g/mol. The zero-order chi connectivity index (χ0) is 24.6. The molecule has 3 aliphatic heterocycles. The molecule has 0 atom stereocenters. The predicted octanol–water partition coefficient (Wildman–Crippen LogP) is 3.99. The molecule has 4 aliphatic rings. The van der Waals surface area contributed by atoms with Crippen molar-refractivity contribution in [3.05, 3.63) is 53.4 Å². The lowest BCUT2D eigenvalue weighted by molar-refractivity contribution is -0.136. The highest BCUT2D eigenvalue weighted by molar-refractivity contribution is 5.98. The number of H-pyrrole nitrogens is 1. The van der Waals surface area contributed by atoms with Gasteiger partial charge in [0.1, 0.15) is 5.82 Å². The fourth-order valence-electron chi connectivity index (χ4n) is 6.97. The van der Waals surface area contributed by atoms with Gasteiger partial charge >= 0.3 is 0 Å². The van der Waals surface area contributed by atoms with E-state index in [1.54, 1.807) is 0 Å². The van der Waals surface area contributed by atoms with Gasteiger partial charge in [0.15, 0.2) is 0 Å². The molecular formula is C29H34N6O. The monoisotopic (exact) mass is 482 g/mol. The van der Waals surface area contributed by atoms with Crippen LogP contribution in [0.2, 0.25) is 0 Å². The maximum Gasteiger partial charge on any atom is 0.245 e. The molecule has 3 fully saturated rings. The number of fused-ring (bicyclic) bond motifs is 2. The number of aromatic nitrogens is 3. The highest BCUT2D eigenvalue weighted by Gasteiger charge is 2.49. The summed E-state index contributed by atoms with van der Waals surface area (Å²) in [6, 6.07) is 5.09. The minimum Gasteiger partial charge on any atom is -0.356 e. The van der Waals surface area contributed by atoms with Gasteiger partial charge in [-0.3, -0.25) is 14.8 Å². The van der Waals surface area contributed by atoms with E-state index in [2.05, 4.69) is 52.6 Å². The van der Waals surface area contributed by atoms with Gasteiger partial charge in [-0.1, -0.05) is 12.6 Å². The second-order valence-corrected chi connectivity index (χ2v) is 11.5. The molecule has 2 aromatic heterocycles. The lowest BCUT2D eigenvalue weighted by Gasteiger charge is -2.47. The number of aryl methyl sites for hydroxylation is 1. The Labute approximate surface area is 212 Å². The topological polar surface area (TPSA) is 68.4 Å². The Balaban J connectivity index is 1.32. The number of aromatic amines is 1. The van der Waals surface area contributed by atoms with Crippen LogP contribution in [-0.4, -0.2) is 69.7 Å². The van der Waals surface area contributed by atoms with Gasteiger partial charge in [-0.05, 0) is 79.5 Å². The molecule has 7 heteroatoms. The minimum absolute atomic E-state index is 0.0493. The van der Waals surface area contributed by atoms with Crippen LogP contribution in [0.25, 0.3) is 22.0 Å². The van der Waals surface area contributed by atoms with Crippen LogP contribution in [0.1, 0.15) is 41.6 Å². The highest BCUT2D eigenvalue weighted by Crippen LogP contribution is 2.46. The van der Waals surface area contributed by atoms with Gasteiger partial charge in [-0.25, -0.2) is 4.98 Å². The van der Waals surface area contributed by atoms with Gasteiger partial charge in [-0.15, -0.1) is 0 Å². The van der Waals surface area contributed by atoms with Crippen molar-refractivity contribution >= 4 is 22.6 Å². The van der Waals surface area contributed by atoms with Gasteiger partial charge in [0.25, 0.3) is 0 Å². The number of nitrogens with zero attached hydrogens (tertiary/aromatic N) is 5. The number of benzene rings is 1. The fourth-order valence-corrected chi connectivity index (χ4v) is 6.97. The van der Waals surface area contributed by atoms with Crippen molar-refractivity contribution in [2.24, 2.45) is 5.41 Å². The largest absolute Gasteiger partial charge is 0.356 e. The van der Waals surface area contributed by atoms with Crippen LogP contribution in [0.3, 0.4) is 0 Å². The fraction of sp³-hybridized carbons (Fsp3) is 0.483. The molecule has 7 rings (SSSR count). The van der Waals surface area contributed by atoms with Crippen LogP contribution in [0.5, 0.6) is 0 Å². The maximum atomic E-state index is 12.1. The molecule has 0 radical (unpaired) electrons. The quantitative estimate of drug-likeness (QED) is 0.570. The van der Waals surface area contributed by atoms with E-state index >= 15 is 0 Å². The lowest BCUT2D eigenvalue weighted by atomic mass is 9.79. The third-order valence-corrected chi connectivity index (χ3v) is 9.03. The minimum atomic E-state index is 0.0493. The number of carbonyl (C=O) groups is 1. The van der Waals surface area contributed by atoms with E-state index in [4.69, 9.17) is 4.98 Å². The Morgan fingerprint density at radius 2 is 2.00 bits per heavy atom. The molecule has 1 spiro atoms. The number of hydrogen-bond acceptors (Lipinski definition) is 5. The van der Waals surface area contributed by atoms with Crippen molar-refractivity contribution in [2.75, 3.05) is 37.6 Å². The van der Waals surface area contributed by atoms with Crippen molar-refractivity contribution in [3.8, 4) is 11.1 Å². The number of hydrogen-bond donors (Lipinski definition) is 1. The number of rotatable bonds is 4. The molecule has 1 amide bonds. The molecule has 36 heavy (non-hydrogen) atoms. The van der Waals surface area contributed by atoms with Crippen molar-refractivity contribution in [3.63, 3.8) is 0 Å². The summed E-state index contributed by atoms with van der Waals surface area (Å²) in [7, 11) is 0. The molecule has 1 aromatic carbocycles. The Morgan fingerprint density at radius 3 is 2.78 bits per heavy atom. The molecule has 1 aliphatic carbocycles. The van der Waals surface area contributed by atoms with Crippen molar-refractivity contribution < 1.29 is 4.79 Å². The van der Waals surface area contributed by atoms with Gasteiger partial charge in [0.05, 0.1) is 17.4 Å². The molecule has 186 valence electrons. The SMILES string of the molecule is C=CC(=O)N1CC2(CCN(c3nc4c(c(-c5c(C)ccc6[nH]ncc56)c3C)CCN(C3CC3)C4)C2)C1. The van der Waals surface area contributed by atoms with E-state index in [0.29, 0.717) is 0 Å². The number of nitrogens with one attached hydrogen (secondary N) is 1. The Bertz CT molecular complexity index is 1400. The summed E-state index contributed by atoms with van der Waals surface area (Å²) in [4.78, 5) is 24.5. The maximum absolute atomic E-state index is 12.1. The van der Waals surface area contributed by atoms with E-state index in [-0.39, 0.29) is 11.3 Å². The highest BCUT2D eigenvalue weighted by atomic mass is 16.2. The first kappa shape index (κ1) is 22.0. The van der Waals surface area contributed by atoms with Crippen LogP contribution in [0.4, 0.5) is 5.82 Å². The lowest BCUT2D eigenvalue weighted by Crippen LogP contribution is -2.59. The molecule has 5 heterocycles. The van der Waals surface area contributed by atoms with Crippen LogP contribution in [0.15, 0.2) is 31.0 Å². The van der Waals surface area contributed by atoms with Gasteiger partial charge in [0, 0.05) is 56.1 Å². The molecule has 2 saturated heterocycles. The van der Waals surface area contributed by atoms with E-state index in [1.165, 1.54) is 57.8 Å². The van der Waals surface area contributed by atoms with E-state index in [9.17, 15) is 4.79 Å². The molecule has 1 saturated carbocycles. The summed E-state index contributed by atoms with van der Waals surface area (Å²) in [5.41, 5.74) is 9.17. The Morgan fingerprint density at radius 1 is 1.17 bits per heavy atom. The van der Waals surface area contributed by atoms with Crippen molar-refractivity contribution in [2.45, 2.75) is 52.1 Å². The third-order valence-electron chi connectivity index (χ3n) is 9.03. The molecule has 7 nitrogen and oxygen atoms in total. The summed E-state index contributed by atoms with van der Waals surface area (Å²) in [6.45, 7) is 13.8. The number of likely N-dealkylation sites (tertiary alicyclic amines) is 1. The Hall–Kier alpha value is -3.19. The number of pyridine rings is 1. The average Bonchev–Trinajstić information content (AvgIpc) is 3.43. The second-order valence-electron chi connectivity index (χ2n) is 11.5. The van der Waals surface area contributed by atoms with Crippen LogP contribution in [0, 0.1) is 19.3 Å². The summed E-state index contributed by atoms with van der Waals surface area (Å²) in [6.07, 6.45) is 8.21. The third kappa shape index (κ3) is 3.32. The summed E-state index contributed by atoms with van der Waals surface area (Å²) >= 11 is 0. The zero-order valence-corrected chi connectivity index (χ0v) is 21.3. The first-order chi connectivity index (χ1) is 17.5. The predicted molar refractivity (Wildman–Crippen MR) is 142 cm³/mol. The van der Waals surface area contributed by atoms with Gasteiger partial charge in [0.2, 0.25) is 5.91 Å². The van der Waals surface area contributed by atoms with Crippen molar-refractivity contribution in [1.82, 2.24) is 25.0 Å². The molecular weight excluding hydrogens is 448 g/mol. The van der Waals surface area contributed by atoms with Crippen LogP contribution >= 0.6 is 0 Å². The van der Waals surface area contributed by atoms with Gasteiger partial charge < -0.3 is 9.80 Å². The number of carbonyl (C=O) groups excluding carboxylic acids is 1. The van der Waals surface area contributed by atoms with Crippen molar-refractivity contribution in [1.29, 1.82) is 0 Å². The first-order valence-corrected chi connectivity index (χ1v) is 13.3. The smallest absolute Gasteiger partial charge is 0.245 e. The van der Waals surface area contributed by atoms with Gasteiger partial charge in [-0.2, -0.15) is 5.10 Å². The first-order valence-electron chi connectivity index (χ1n) is 13.3. The second kappa shape index (κ2) is 7.90. The Kier molecular flexibility index (Phi) is 4.84. The van der Waals surface area contributed by atoms with Crippen LogP contribution < -0.4 is 4.90 Å². The van der Waals surface area contributed by atoms with E-state index < -0.39 is 0 Å². The number of amides is 1. The number of anilines is 1. The van der Waals surface area contributed by atoms with E-state index in [0.717, 1.165) is 69.5 Å². The summed E-state index contributed by atoms with van der Waals surface area (Å²) in [5, 5.41) is 8.75. The zero-order valence-electron chi connectivity index (χ0n) is 21.3. The van der Waals surface area contributed by atoms with Crippen LogP contribution in [-0.2, 0) is 17.8 Å². The normalized spacial score (nSPS) is 21.2. The molecule has 0 unspecified atom stereocenters. The standard InChI is InChI=1S/C29H34N6O/c1-4-25(36)35-16-29(17-35)10-12-34(15-29)28-19(3)27(26-18(2)5-8-23-22(26)13-30-32-23)21-9-11-33(20-6-7-20)14-24(21)31-28/h4-5,8,13,20H,1,6-7,9-12,14-17H2,2-3H3,(H,30,32). The molecule has 0 bridgehead atoms. The molecule has 1 N–H and O–H groups in total. The van der Waals surface area contributed by atoms with E-state index in [1.807, 2.05) is 11.1 Å². The summed E-state index contributed by atoms with van der Waals surface area (Å²) in [5.74, 6) is 1.18.